The van der Waals surface area contributed by atoms with Gasteiger partial charge in [-0.3, -0.25) is 0 Å². The molecule has 4 heteroatoms. The van der Waals surface area contributed by atoms with Crippen LogP contribution in [-0.2, 0) is 6.54 Å². The maximum atomic E-state index is 5.89. The second-order valence-corrected chi connectivity index (χ2v) is 5.62. The van der Waals surface area contributed by atoms with Crippen LogP contribution in [0.4, 0.5) is 0 Å². The van der Waals surface area contributed by atoms with E-state index in [1.165, 1.54) is 25.7 Å². The van der Waals surface area contributed by atoms with Gasteiger partial charge >= 0.3 is 0 Å². The molecule has 4 nitrogen and oxygen atoms in total. The van der Waals surface area contributed by atoms with E-state index in [9.17, 15) is 0 Å². The van der Waals surface area contributed by atoms with Crippen molar-refractivity contribution >= 4 is 0 Å². The zero-order chi connectivity index (χ0) is 12.3. The lowest BCUT2D eigenvalue weighted by atomic mass is 9.78. The van der Waals surface area contributed by atoms with Crippen molar-refractivity contribution in [2.75, 3.05) is 6.54 Å². The van der Waals surface area contributed by atoms with Crippen LogP contribution in [0.3, 0.4) is 0 Å². The first-order valence-corrected chi connectivity index (χ1v) is 6.80. The molecular weight excluding hydrogens is 212 g/mol. The highest BCUT2D eigenvalue weighted by atomic mass is 15.3. The zero-order valence-electron chi connectivity index (χ0n) is 11.0. The molecule has 1 aromatic rings. The van der Waals surface area contributed by atoms with Crippen molar-refractivity contribution in [3.63, 3.8) is 0 Å². The molecule has 1 fully saturated rings. The fourth-order valence-corrected chi connectivity index (χ4v) is 2.91. The lowest BCUT2D eigenvalue weighted by Gasteiger charge is -2.30. The van der Waals surface area contributed by atoms with Crippen LogP contribution in [0.15, 0.2) is 6.33 Å². The first kappa shape index (κ1) is 12.6. The molecule has 0 radical (unpaired) electrons. The molecule has 1 aliphatic carbocycles. The van der Waals surface area contributed by atoms with E-state index < -0.39 is 0 Å². The SMILES string of the molecule is CC(C)Cn1cnnc1C1CCCCC1CN. The fraction of sp³-hybridized carbons (Fsp3) is 0.846. The van der Waals surface area contributed by atoms with Gasteiger partial charge in [-0.05, 0) is 31.2 Å². The van der Waals surface area contributed by atoms with Crippen molar-refractivity contribution in [1.82, 2.24) is 14.8 Å². The molecule has 1 heterocycles. The monoisotopic (exact) mass is 236 g/mol. The van der Waals surface area contributed by atoms with E-state index >= 15 is 0 Å². The molecule has 17 heavy (non-hydrogen) atoms. The molecule has 2 N–H and O–H groups in total. The van der Waals surface area contributed by atoms with Crippen LogP contribution in [-0.4, -0.2) is 21.3 Å². The van der Waals surface area contributed by atoms with Gasteiger partial charge in [0.1, 0.15) is 12.2 Å². The van der Waals surface area contributed by atoms with E-state index in [1.54, 1.807) is 0 Å². The Morgan fingerprint density at radius 3 is 2.88 bits per heavy atom. The molecule has 96 valence electrons. The number of hydrogen-bond donors (Lipinski definition) is 1. The molecule has 1 aliphatic rings. The van der Waals surface area contributed by atoms with Crippen molar-refractivity contribution in [1.29, 1.82) is 0 Å². The molecule has 1 saturated carbocycles. The first-order chi connectivity index (χ1) is 8.22. The van der Waals surface area contributed by atoms with E-state index in [4.69, 9.17) is 5.73 Å². The Hall–Kier alpha value is -0.900. The van der Waals surface area contributed by atoms with Crippen molar-refractivity contribution in [3.8, 4) is 0 Å². The number of hydrogen-bond acceptors (Lipinski definition) is 3. The third-order valence-electron chi connectivity index (χ3n) is 3.75. The molecule has 2 atom stereocenters. The summed E-state index contributed by atoms with van der Waals surface area (Å²) in [4.78, 5) is 0. The van der Waals surface area contributed by atoms with Crippen molar-refractivity contribution < 1.29 is 0 Å². The number of nitrogens with two attached hydrogens (primary N) is 1. The van der Waals surface area contributed by atoms with Crippen LogP contribution in [0.1, 0.15) is 51.3 Å². The Bertz CT molecular complexity index is 345. The van der Waals surface area contributed by atoms with Crippen LogP contribution in [0.5, 0.6) is 0 Å². The van der Waals surface area contributed by atoms with Crippen molar-refractivity contribution in [3.05, 3.63) is 12.2 Å². The summed E-state index contributed by atoms with van der Waals surface area (Å²) in [6.45, 7) is 6.24. The molecule has 1 aromatic heterocycles. The lowest BCUT2D eigenvalue weighted by molar-refractivity contribution is 0.294. The average Bonchev–Trinajstić information content (AvgIpc) is 2.76. The largest absolute Gasteiger partial charge is 0.330 e. The molecule has 0 bridgehead atoms. The Morgan fingerprint density at radius 1 is 1.41 bits per heavy atom. The molecule has 0 spiro atoms. The number of rotatable bonds is 4. The van der Waals surface area contributed by atoms with Gasteiger partial charge in [0, 0.05) is 12.5 Å². The van der Waals surface area contributed by atoms with Crippen LogP contribution in [0, 0.1) is 11.8 Å². The van der Waals surface area contributed by atoms with Gasteiger partial charge in [0.2, 0.25) is 0 Å². The molecule has 2 unspecified atom stereocenters. The fourth-order valence-electron chi connectivity index (χ4n) is 2.91. The average molecular weight is 236 g/mol. The summed E-state index contributed by atoms with van der Waals surface area (Å²) < 4.78 is 2.23. The van der Waals surface area contributed by atoms with E-state index in [2.05, 4.69) is 28.6 Å². The number of aromatic nitrogens is 3. The van der Waals surface area contributed by atoms with E-state index in [0.29, 0.717) is 17.8 Å². The molecular formula is C13H24N4. The Kier molecular flexibility index (Phi) is 4.15. The van der Waals surface area contributed by atoms with Gasteiger partial charge in [0.15, 0.2) is 0 Å². The summed E-state index contributed by atoms with van der Waals surface area (Å²) >= 11 is 0. The summed E-state index contributed by atoms with van der Waals surface area (Å²) in [7, 11) is 0. The first-order valence-electron chi connectivity index (χ1n) is 6.80. The Balaban J connectivity index is 2.16. The van der Waals surface area contributed by atoms with Gasteiger partial charge in [-0.15, -0.1) is 10.2 Å². The van der Waals surface area contributed by atoms with Gasteiger partial charge in [0.05, 0.1) is 0 Å². The van der Waals surface area contributed by atoms with Crippen LogP contribution in [0.25, 0.3) is 0 Å². The van der Waals surface area contributed by atoms with Crippen LogP contribution < -0.4 is 5.73 Å². The van der Waals surface area contributed by atoms with Crippen molar-refractivity contribution in [2.45, 2.75) is 52.0 Å². The summed E-state index contributed by atoms with van der Waals surface area (Å²) in [5.41, 5.74) is 5.89. The normalized spacial score (nSPS) is 25.4. The van der Waals surface area contributed by atoms with Crippen LogP contribution >= 0.6 is 0 Å². The van der Waals surface area contributed by atoms with E-state index in [0.717, 1.165) is 18.9 Å². The summed E-state index contributed by atoms with van der Waals surface area (Å²) in [5.74, 6) is 2.91. The smallest absolute Gasteiger partial charge is 0.136 e. The quantitative estimate of drug-likeness (QED) is 0.871. The Labute approximate surface area is 104 Å². The molecule has 0 aliphatic heterocycles. The predicted octanol–water partition coefficient (Wildman–Crippen LogP) is 2.17. The highest BCUT2D eigenvalue weighted by Crippen LogP contribution is 2.36. The van der Waals surface area contributed by atoms with Gasteiger partial charge < -0.3 is 10.3 Å². The molecule has 0 aromatic carbocycles. The number of nitrogens with zero attached hydrogens (tertiary/aromatic N) is 3. The predicted molar refractivity (Wildman–Crippen MR) is 68.6 cm³/mol. The molecule has 0 amide bonds. The maximum Gasteiger partial charge on any atom is 0.136 e. The molecule has 0 saturated heterocycles. The third-order valence-corrected chi connectivity index (χ3v) is 3.75. The van der Waals surface area contributed by atoms with Gasteiger partial charge in [-0.25, -0.2) is 0 Å². The molecule has 2 rings (SSSR count). The summed E-state index contributed by atoms with van der Waals surface area (Å²) in [5, 5.41) is 8.44. The topological polar surface area (TPSA) is 56.7 Å². The minimum absolute atomic E-state index is 0.523. The highest BCUT2D eigenvalue weighted by Gasteiger charge is 2.29. The van der Waals surface area contributed by atoms with Gasteiger partial charge in [-0.1, -0.05) is 26.7 Å². The standard InChI is InChI=1S/C13H24N4/c1-10(2)8-17-9-15-16-13(17)12-6-4-3-5-11(12)7-14/h9-12H,3-8,14H2,1-2H3. The second-order valence-electron chi connectivity index (χ2n) is 5.62. The van der Waals surface area contributed by atoms with Gasteiger partial charge in [-0.2, -0.15) is 0 Å². The summed E-state index contributed by atoms with van der Waals surface area (Å²) in [6, 6.07) is 0. The van der Waals surface area contributed by atoms with Crippen LogP contribution in [0.2, 0.25) is 0 Å². The Morgan fingerprint density at radius 2 is 2.18 bits per heavy atom. The third kappa shape index (κ3) is 2.86. The maximum absolute atomic E-state index is 5.89. The summed E-state index contributed by atoms with van der Waals surface area (Å²) in [6.07, 6.45) is 6.96. The second kappa shape index (κ2) is 5.63. The van der Waals surface area contributed by atoms with E-state index in [1.807, 2.05) is 6.33 Å². The minimum Gasteiger partial charge on any atom is -0.330 e. The zero-order valence-corrected chi connectivity index (χ0v) is 11.0. The lowest BCUT2D eigenvalue weighted by Crippen LogP contribution is -2.27. The highest BCUT2D eigenvalue weighted by molar-refractivity contribution is 5.01. The minimum atomic E-state index is 0.523. The van der Waals surface area contributed by atoms with Gasteiger partial charge in [0.25, 0.3) is 0 Å². The van der Waals surface area contributed by atoms with E-state index in [-0.39, 0.29) is 0 Å². The van der Waals surface area contributed by atoms with Crippen molar-refractivity contribution in [2.24, 2.45) is 17.6 Å².